The number of benzene rings is 1. The van der Waals surface area contributed by atoms with E-state index in [1.807, 2.05) is 18.2 Å². The van der Waals surface area contributed by atoms with Crippen LogP contribution in [0.1, 0.15) is 39.0 Å². The molecule has 140 valence electrons. The van der Waals surface area contributed by atoms with Crippen LogP contribution < -0.4 is 10.6 Å². The third kappa shape index (κ3) is 3.98. The summed E-state index contributed by atoms with van der Waals surface area (Å²) in [4.78, 5) is 39.2. The van der Waals surface area contributed by atoms with Crippen LogP contribution >= 0.6 is 0 Å². The van der Waals surface area contributed by atoms with Crippen molar-refractivity contribution in [3.63, 3.8) is 0 Å². The Bertz CT molecular complexity index is 664. The predicted octanol–water partition coefficient (Wildman–Crippen LogP) is 2.28. The van der Waals surface area contributed by atoms with Gasteiger partial charge in [-0.15, -0.1) is 0 Å². The number of carbonyl (C=O) groups excluding carboxylic acids is 3. The first-order valence-electron chi connectivity index (χ1n) is 9.20. The predicted molar refractivity (Wildman–Crippen MR) is 96.5 cm³/mol. The Hall–Kier alpha value is -2.57. The number of amides is 3. The molecular formula is C19H25N3O4. The highest BCUT2D eigenvalue weighted by atomic mass is 16.5. The summed E-state index contributed by atoms with van der Waals surface area (Å²) in [6.45, 7) is 1.96. The van der Waals surface area contributed by atoms with Crippen LogP contribution in [-0.4, -0.2) is 47.5 Å². The molecule has 0 bridgehead atoms. The van der Waals surface area contributed by atoms with Crippen LogP contribution in [0.5, 0.6) is 0 Å². The highest BCUT2D eigenvalue weighted by Gasteiger charge is 2.46. The number of nitrogens with zero attached hydrogens (tertiary/aromatic N) is 1. The van der Waals surface area contributed by atoms with Crippen molar-refractivity contribution >= 4 is 23.6 Å². The van der Waals surface area contributed by atoms with Gasteiger partial charge in [-0.3, -0.25) is 9.59 Å². The van der Waals surface area contributed by atoms with E-state index in [0.29, 0.717) is 5.69 Å². The highest BCUT2D eigenvalue weighted by Crippen LogP contribution is 2.30. The molecule has 0 aromatic heterocycles. The van der Waals surface area contributed by atoms with E-state index in [1.165, 1.54) is 0 Å². The molecule has 3 rings (SSSR count). The van der Waals surface area contributed by atoms with Crippen LogP contribution in [0, 0.1) is 0 Å². The van der Waals surface area contributed by atoms with Crippen LogP contribution in [0.25, 0.3) is 0 Å². The van der Waals surface area contributed by atoms with Gasteiger partial charge in [0, 0.05) is 11.7 Å². The lowest BCUT2D eigenvalue weighted by molar-refractivity contribution is -0.148. The zero-order valence-electron chi connectivity index (χ0n) is 14.9. The molecule has 2 fully saturated rings. The Morgan fingerprint density at radius 2 is 1.96 bits per heavy atom. The van der Waals surface area contributed by atoms with E-state index in [-0.39, 0.29) is 37.0 Å². The maximum Gasteiger partial charge on any atom is 0.322 e. The van der Waals surface area contributed by atoms with Gasteiger partial charge in [-0.05, 0) is 31.9 Å². The van der Waals surface area contributed by atoms with Crippen LogP contribution in [0.3, 0.4) is 0 Å². The number of anilines is 1. The topological polar surface area (TPSA) is 87.7 Å². The number of urea groups is 1. The molecule has 7 heteroatoms. The van der Waals surface area contributed by atoms with Crippen molar-refractivity contribution in [3.05, 3.63) is 30.3 Å². The summed E-state index contributed by atoms with van der Waals surface area (Å²) >= 11 is 0. The third-order valence-corrected chi connectivity index (χ3v) is 4.98. The van der Waals surface area contributed by atoms with E-state index in [1.54, 1.807) is 24.0 Å². The van der Waals surface area contributed by atoms with Crippen LogP contribution in [0.2, 0.25) is 0 Å². The molecule has 3 amide bonds. The Morgan fingerprint density at radius 3 is 2.69 bits per heavy atom. The highest BCUT2D eigenvalue weighted by molar-refractivity contribution is 5.96. The van der Waals surface area contributed by atoms with E-state index >= 15 is 0 Å². The van der Waals surface area contributed by atoms with Gasteiger partial charge in [-0.1, -0.05) is 31.0 Å². The summed E-state index contributed by atoms with van der Waals surface area (Å²) in [5, 5.41) is 5.85. The molecule has 2 aliphatic rings. The molecule has 0 radical (unpaired) electrons. The van der Waals surface area contributed by atoms with Crippen molar-refractivity contribution in [1.82, 2.24) is 10.2 Å². The largest absolute Gasteiger partial charge is 0.466 e. The lowest BCUT2D eigenvalue weighted by Gasteiger charge is -2.47. The number of rotatable bonds is 4. The third-order valence-electron chi connectivity index (χ3n) is 4.98. The lowest BCUT2D eigenvalue weighted by atomic mass is 9.85. The number of hydrogen-bond acceptors (Lipinski definition) is 4. The number of esters is 1. The van der Waals surface area contributed by atoms with E-state index < -0.39 is 12.0 Å². The Kier molecular flexibility index (Phi) is 5.75. The number of nitrogens with one attached hydrogen (secondary N) is 2. The van der Waals surface area contributed by atoms with Crippen molar-refractivity contribution in [2.45, 2.75) is 57.2 Å². The van der Waals surface area contributed by atoms with Gasteiger partial charge in [0.25, 0.3) is 0 Å². The monoisotopic (exact) mass is 359 g/mol. The summed E-state index contributed by atoms with van der Waals surface area (Å²) < 4.78 is 5.00. The van der Waals surface area contributed by atoms with Gasteiger partial charge in [0.2, 0.25) is 5.91 Å². The maximum atomic E-state index is 13.0. The molecule has 3 atom stereocenters. The number of hydrogen-bond donors (Lipinski definition) is 2. The van der Waals surface area contributed by atoms with Crippen molar-refractivity contribution in [2.24, 2.45) is 0 Å². The molecule has 1 aromatic rings. The second-order valence-corrected chi connectivity index (χ2v) is 6.70. The van der Waals surface area contributed by atoms with Crippen LogP contribution in [0.4, 0.5) is 10.5 Å². The van der Waals surface area contributed by atoms with Gasteiger partial charge >= 0.3 is 12.0 Å². The molecule has 1 heterocycles. The van der Waals surface area contributed by atoms with Gasteiger partial charge in [0.1, 0.15) is 6.04 Å². The van der Waals surface area contributed by atoms with Crippen molar-refractivity contribution in [2.75, 3.05) is 11.9 Å². The van der Waals surface area contributed by atoms with Crippen LogP contribution in [-0.2, 0) is 14.3 Å². The SMILES string of the molecule is CCOC(=O)CC1C(=O)NC2CCCCC2N1C(=O)Nc1ccccc1. The zero-order valence-corrected chi connectivity index (χ0v) is 14.9. The van der Waals surface area contributed by atoms with E-state index in [4.69, 9.17) is 4.74 Å². The smallest absolute Gasteiger partial charge is 0.322 e. The lowest BCUT2D eigenvalue weighted by Crippen LogP contribution is -2.68. The van der Waals surface area contributed by atoms with E-state index in [0.717, 1.165) is 25.7 Å². The second-order valence-electron chi connectivity index (χ2n) is 6.70. The molecule has 1 saturated heterocycles. The molecule has 26 heavy (non-hydrogen) atoms. The average Bonchev–Trinajstić information content (AvgIpc) is 2.63. The molecular weight excluding hydrogens is 334 g/mol. The number of fused-ring (bicyclic) bond motifs is 1. The number of carbonyl (C=O) groups is 3. The van der Waals surface area contributed by atoms with E-state index in [2.05, 4.69) is 10.6 Å². The fraction of sp³-hybridized carbons (Fsp3) is 0.526. The number of ether oxygens (including phenoxy) is 1. The minimum absolute atomic E-state index is 0.0591. The number of piperazine rings is 1. The second kappa shape index (κ2) is 8.21. The molecule has 7 nitrogen and oxygen atoms in total. The number of para-hydroxylation sites is 1. The molecule has 0 spiro atoms. The summed E-state index contributed by atoms with van der Waals surface area (Å²) in [7, 11) is 0. The Labute approximate surface area is 153 Å². The fourth-order valence-corrected chi connectivity index (χ4v) is 3.82. The van der Waals surface area contributed by atoms with Crippen molar-refractivity contribution < 1.29 is 19.1 Å². The van der Waals surface area contributed by atoms with Gasteiger partial charge in [0.15, 0.2) is 0 Å². The molecule has 1 saturated carbocycles. The molecule has 2 N–H and O–H groups in total. The Morgan fingerprint density at radius 1 is 1.23 bits per heavy atom. The summed E-state index contributed by atoms with van der Waals surface area (Å²) in [5.74, 6) is -0.760. The Balaban J connectivity index is 1.83. The normalized spacial score (nSPS) is 25.0. The van der Waals surface area contributed by atoms with Gasteiger partial charge in [-0.2, -0.15) is 0 Å². The molecule has 1 aliphatic carbocycles. The molecule has 3 unspecified atom stereocenters. The molecule has 1 aliphatic heterocycles. The van der Waals surface area contributed by atoms with Gasteiger partial charge in [-0.25, -0.2) is 4.79 Å². The quantitative estimate of drug-likeness (QED) is 0.808. The van der Waals surface area contributed by atoms with Crippen LogP contribution in [0.15, 0.2) is 30.3 Å². The summed E-state index contributed by atoms with van der Waals surface area (Å²) in [5.41, 5.74) is 0.658. The average molecular weight is 359 g/mol. The van der Waals surface area contributed by atoms with E-state index in [9.17, 15) is 14.4 Å². The summed E-state index contributed by atoms with van der Waals surface area (Å²) in [6, 6.07) is 7.75. The first-order valence-corrected chi connectivity index (χ1v) is 9.20. The van der Waals surface area contributed by atoms with Gasteiger partial charge in [0.05, 0.1) is 19.1 Å². The zero-order chi connectivity index (χ0) is 18.5. The molecule has 1 aromatic carbocycles. The standard InChI is InChI=1S/C19H25N3O4/c1-2-26-17(23)12-16-18(24)21-14-10-6-7-11-15(14)22(16)19(25)20-13-8-4-3-5-9-13/h3-5,8-9,14-16H,2,6-7,10-12H2,1H3,(H,20,25)(H,21,24). The van der Waals surface area contributed by atoms with Gasteiger partial charge < -0.3 is 20.3 Å². The summed E-state index contributed by atoms with van der Waals surface area (Å²) in [6.07, 6.45) is 3.55. The van der Waals surface area contributed by atoms with Crippen molar-refractivity contribution in [3.8, 4) is 0 Å². The minimum Gasteiger partial charge on any atom is -0.466 e. The van der Waals surface area contributed by atoms with Crippen molar-refractivity contribution in [1.29, 1.82) is 0 Å². The first kappa shape index (κ1) is 18.2. The fourth-order valence-electron chi connectivity index (χ4n) is 3.82. The maximum absolute atomic E-state index is 13.0. The first-order chi connectivity index (χ1) is 12.6. The minimum atomic E-state index is -0.850.